The second-order valence-corrected chi connectivity index (χ2v) is 6.81. The summed E-state index contributed by atoms with van der Waals surface area (Å²) in [7, 11) is 0. The maximum atomic E-state index is 6.41. The minimum atomic E-state index is 0.218. The quantitative estimate of drug-likeness (QED) is 0.576. The third kappa shape index (κ3) is 3.52. The van der Waals surface area contributed by atoms with Crippen LogP contribution in [0.3, 0.4) is 0 Å². The highest BCUT2D eigenvalue weighted by Gasteiger charge is 2.21. The number of hydrogen-bond donors (Lipinski definition) is 0. The van der Waals surface area contributed by atoms with Crippen LogP contribution in [0.4, 0.5) is 0 Å². The molecule has 2 aromatic heterocycles. The van der Waals surface area contributed by atoms with Crippen molar-refractivity contribution in [3.8, 4) is 11.3 Å². The number of hydrogen-bond acceptors (Lipinski definition) is 3. The minimum absolute atomic E-state index is 0.218. The Morgan fingerprint density at radius 2 is 2.00 bits per heavy atom. The molecule has 25 heavy (non-hydrogen) atoms. The van der Waals surface area contributed by atoms with Crippen molar-refractivity contribution >= 4 is 28.8 Å². The molecule has 0 aliphatic rings. The summed E-state index contributed by atoms with van der Waals surface area (Å²) in [5.41, 5.74) is 4.82. The van der Waals surface area contributed by atoms with Gasteiger partial charge in [0.25, 0.3) is 0 Å². The summed E-state index contributed by atoms with van der Waals surface area (Å²) in [6.07, 6.45) is 2.64. The number of fused-ring (bicyclic) bond motifs is 1. The van der Waals surface area contributed by atoms with Gasteiger partial charge in [-0.15, -0.1) is 0 Å². The van der Waals surface area contributed by atoms with Crippen molar-refractivity contribution < 1.29 is 4.74 Å². The largest absolute Gasteiger partial charge is 0.381 e. The van der Waals surface area contributed by atoms with Crippen molar-refractivity contribution in [2.45, 2.75) is 33.1 Å². The third-order valence-electron chi connectivity index (χ3n) is 4.24. The fraction of sp³-hybridized carbons (Fsp3) is 0.368. The second-order valence-electron chi connectivity index (χ2n) is 5.96. The first-order valence-corrected chi connectivity index (χ1v) is 9.22. The van der Waals surface area contributed by atoms with Crippen molar-refractivity contribution in [2.24, 2.45) is 0 Å². The molecule has 4 nitrogen and oxygen atoms in total. The molecule has 132 valence electrons. The number of nitrogens with zero attached hydrogens (tertiary/aromatic N) is 3. The zero-order valence-electron chi connectivity index (χ0n) is 14.6. The third-order valence-corrected chi connectivity index (χ3v) is 4.79. The van der Waals surface area contributed by atoms with Crippen molar-refractivity contribution in [3.05, 3.63) is 51.8 Å². The Morgan fingerprint density at radius 3 is 2.68 bits per heavy atom. The fourth-order valence-corrected chi connectivity index (χ4v) is 3.56. The molecule has 3 aromatic rings. The van der Waals surface area contributed by atoms with Crippen LogP contribution in [-0.2, 0) is 11.2 Å². The molecular weight excluding hydrogens is 357 g/mol. The lowest BCUT2D eigenvalue weighted by Crippen LogP contribution is -2.06. The van der Waals surface area contributed by atoms with E-state index in [0.29, 0.717) is 23.3 Å². The van der Waals surface area contributed by atoms with Gasteiger partial charge in [0.15, 0.2) is 5.65 Å². The van der Waals surface area contributed by atoms with Crippen LogP contribution in [0.15, 0.2) is 30.5 Å². The van der Waals surface area contributed by atoms with E-state index in [9.17, 15) is 0 Å². The molecule has 1 aromatic carbocycles. The Labute approximate surface area is 157 Å². The van der Waals surface area contributed by atoms with E-state index in [1.807, 2.05) is 29.6 Å². The van der Waals surface area contributed by atoms with Gasteiger partial charge in [0, 0.05) is 34.9 Å². The highest BCUT2D eigenvalue weighted by molar-refractivity contribution is 6.36. The number of aryl methyl sites for hydroxylation is 1. The monoisotopic (exact) mass is 377 g/mol. The molecule has 6 heteroatoms. The first-order chi connectivity index (χ1) is 12.1. The van der Waals surface area contributed by atoms with Crippen LogP contribution >= 0.6 is 23.2 Å². The molecule has 0 amide bonds. The van der Waals surface area contributed by atoms with E-state index >= 15 is 0 Å². The van der Waals surface area contributed by atoms with Crippen molar-refractivity contribution in [2.75, 3.05) is 13.2 Å². The van der Waals surface area contributed by atoms with E-state index in [-0.39, 0.29) is 5.92 Å². The average Bonchev–Trinajstić information content (AvgIpc) is 2.98. The molecule has 0 fully saturated rings. The molecule has 1 unspecified atom stereocenters. The molecule has 0 radical (unpaired) electrons. The molecule has 0 saturated carbocycles. The SMILES string of the molecule is CCOCC(C)c1c(CC)nn2c(-c3ccc(Cl)cc3Cl)ccnc12. The van der Waals surface area contributed by atoms with Gasteiger partial charge >= 0.3 is 0 Å². The summed E-state index contributed by atoms with van der Waals surface area (Å²) in [6, 6.07) is 7.41. The van der Waals surface area contributed by atoms with Gasteiger partial charge in [-0.1, -0.05) is 37.0 Å². The van der Waals surface area contributed by atoms with Crippen LogP contribution in [0, 0.1) is 0 Å². The van der Waals surface area contributed by atoms with Gasteiger partial charge in [-0.05, 0) is 37.6 Å². The topological polar surface area (TPSA) is 39.4 Å². The van der Waals surface area contributed by atoms with Crippen LogP contribution in [-0.4, -0.2) is 27.8 Å². The predicted octanol–water partition coefficient (Wildman–Crippen LogP) is 5.41. The normalized spacial score (nSPS) is 12.7. The van der Waals surface area contributed by atoms with Crippen LogP contribution < -0.4 is 0 Å². The summed E-state index contributed by atoms with van der Waals surface area (Å²) in [4.78, 5) is 4.59. The Morgan fingerprint density at radius 1 is 1.20 bits per heavy atom. The van der Waals surface area contributed by atoms with Crippen molar-refractivity contribution in [1.29, 1.82) is 0 Å². The summed E-state index contributed by atoms with van der Waals surface area (Å²) in [6.45, 7) is 7.61. The summed E-state index contributed by atoms with van der Waals surface area (Å²) < 4.78 is 7.49. The molecule has 0 spiro atoms. The molecule has 0 N–H and O–H groups in total. The molecule has 0 bridgehead atoms. The number of aromatic nitrogens is 3. The smallest absolute Gasteiger partial charge is 0.159 e. The lowest BCUT2D eigenvalue weighted by atomic mass is 10.0. The van der Waals surface area contributed by atoms with Gasteiger partial charge in [0.05, 0.1) is 23.0 Å². The van der Waals surface area contributed by atoms with E-state index in [1.165, 1.54) is 0 Å². The lowest BCUT2D eigenvalue weighted by Gasteiger charge is -2.12. The first kappa shape index (κ1) is 18.2. The number of ether oxygens (including phenoxy) is 1. The van der Waals surface area contributed by atoms with Gasteiger partial charge in [-0.2, -0.15) is 5.10 Å². The molecule has 2 heterocycles. The van der Waals surface area contributed by atoms with Gasteiger partial charge in [0.2, 0.25) is 0 Å². The molecule has 0 saturated heterocycles. The van der Waals surface area contributed by atoms with Crippen LogP contribution in [0.5, 0.6) is 0 Å². The van der Waals surface area contributed by atoms with Gasteiger partial charge < -0.3 is 4.74 Å². The molecule has 1 atom stereocenters. The first-order valence-electron chi connectivity index (χ1n) is 8.46. The Hall–Kier alpha value is -1.62. The van der Waals surface area contributed by atoms with E-state index in [4.69, 9.17) is 33.0 Å². The highest BCUT2D eigenvalue weighted by Crippen LogP contribution is 2.32. The van der Waals surface area contributed by atoms with Crippen LogP contribution in [0.1, 0.15) is 37.9 Å². The van der Waals surface area contributed by atoms with Crippen molar-refractivity contribution in [3.63, 3.8) is 0 Å². The second kappa shape index (κ2) is 7.73. The highest BCUT2D eigenvalue weighted by atomic mass is 35.5. The minimum Gasteiger partial charge on any atom is -0.381 e. The molecule has 0 aliphatic carbocycles. The average molecular weight is 378 g/mol. The maximum Gasteiger partial charge on any atom is 0.159 e. The van der Waals surface area contributed by atoms with Gasteiger partial charge in [0.1, 0.15) is 0 Å². The van der Waals surface area contributed by atoms with Crippen LogP contribution in [0.25, 0.3) is 16.9 Å². The molecule has 0 aliphatic heterocycles. The summed E-state index contributed by atoms with van der Waals surface area (Å²) >= 11 is 12.4. The Bertz CT molecular complexity index is 892. The van der Waals surface area contributed by atoms with E-state index in [1.54, 1.807) is 12.3 Å². The number of halogens is 2. The van der Waals surface area contributed by atoms with E-state index in [2.05, 4.69) is 18.8 Å². The van der Waals surface area contributed by atoms with E-state index in [0.717, 1.165) is 34.6 Å². The Kier molecular flexibility index (Phi) is 5.62. The zero-order valence-corrected chi connectivity index (χ0v) is 16.1. The van der Waals surface area contributed by atoms with E-state index < -0.39 is 0 Å². The number of rotatable bonds is 6. The molecule has 3 rings (SSSR count). The predicted molar refractivity (Wildman–Crippen MR) is 103 cm³/mol. The van der Waals surface area contributed by atoms with Gasteiger partial charge in [-0.25, -0.2) is 9.50 Å². The summed E-state index contributed by atoms with van der Waals surface area (Å²) in [5, 5.41) is 6.01. The molecular formula is C19H21Cl2N3O. The number of benzene rings is 1. The lowest BCUT2D eigenvalue weighted by molar-refractivity contribution is 0.136. The standard InChI is InChI=1S/C19H21Cl2N3O/c1-4-16-18(12(3)11-25-5-2)19-22-9-8-17(24(19)23-16)14-7-6-13(20)10-15(14)21/h6-10,12H,4-5,11H2,1-3H3. The maximum absolute atomic E-state index is 6.41. The van der Waals surface area contributed by atoms with Crippen LogP contribution in [0.2, 0.25) is 10.0 Å². The zero-order chi connectivity index (χ0) is 18.0. The fourth-order valence-electron chi connectivity index (χ4n) is 3.05. The Balaban J connectivity index is 2.18. The summed E-state index contributed by atoms with van der Waals surface area (Å²) in [5.74, 6) is 0.218. The van der Waals surface area contributed by atoms with Crippen molar-refractivity contribution in [1.82, 2.24) is 14.6 Å². The van der Waals surface area contributed by atoms with Gasteiger partial charge in [-0.3, -0.25) is 0 Å².